The fourth-order valence-corrected chi connectivity index (χ4v) is 1.36. The van der Waals surface area contributed by atoms with E-state index in [0.29, 0.717) is 13.0 Å². The van der Waals surface area contributed by atoms with Crippen LogP contribution in [0.25, 0.3) is 0 Å². The molecule has 0 saturated carbocycles. The maximum Gasteiger partial charge on any atom is 0.307 e. The highest BCUT2D eigenvalue weighted by Gasteiger charge is 2.03. The first-order valence-electron chi connectivity index (χ1n) is 6.05. The molecule has 0 aliphatic heterocycles. The van der Waals surface area contributed by atoms with Gasteiger partial charge in [0, 0.05) is 19.3 Å². The molecule has 0 radical (unpaired) electrons. The van der Waals surface area contributed by atoms with Crippen LogP contribution < -0.4 is 0 Å². The van der Waals surface area contributed by atoms with E-state index in [9.17, 15) is 4.79 Å². The van der Waals surface area contributed by atoms with E-state index in [1.54, 1.807) is 0 Å². The highest BCUT2D eigenvalue weighted by Crippen LogP contribution is 2.06. The van der Waals surface area contributed by atoms with Crippen LogP contribution >= 0.6 is 0 Å². The Morgan fingerprint density at radius 3 is 2.29 bits per heavy atom. The molecule has 0 aromatic rings. The summed E-state index contributed by atoms with van der Waals surface area (Å²) < 4.78 is 4.61. The van der Waals surface area contributed by atoms with Crippen LogP contribution in [0.3, 0.4) is 0 Å². The van der Waals surface area contributed by atoms with Gasteiger partial charge in [0.1, 0.15) is 0 Å². The van der Waals surface area contributed by atoms with Crippen molar-refractivity contribution in [1.82, 2.24) is 4.90 Å². The summed E-state index contributed by atoms with van der Waals surface area (Å²) in [6, 6.07) is 0. The molecular formula is C14H25NO2. The minimum atomic E-state index is -0.158. The van der Waals surface area contributed by atoms with Gasteiger partial charge in [0.2, 0.25) is 0 Å². The molecule has 0 amide bonds. The number of carbonyl (C=O) groups excluding carboxylic acids is 1. The molecule has 0 aliphatic rings. The third-order valence-electron chi connectivity index (χ3n) is 2.64. The van der Waals surface area contributed by atoms with Crippen molar-refractivity contribution in [2.45, 2.75) is 40.0 Å². The number of nitrogens with zero attached hydrogens (tertiary/aromatic N) is 1. The maximum absolute atomic E-state index is 11.0. The predicted octanol–water partition coefficient (Wildman–Crippen LogP) is 3.13. The Balaban J connectivity index is 3.94. The van der Waals surface area contributed by atoms with Crippen LogP contribution in [0.2, 0.25) is 0 Å². The van der Waals surface area contributed by atoms with Crippen LogP contribution in [-0.2, 0) is 9.53 Å². The van der Waals surface area contributed by atoms with Crippen molar-refractivity contribution in [2.75, 3.05) is 20.7 Å². The smallest absolute Gasteiger partial charge is 0.307 e. The Morgan fingerprint density at radius 2 is 1.76 bits per heavy atom. The first-order chi connectivity index (χ1) is 7.97. The Hall–Kier alpha value is -1.25. The van der Waals surface area contributed by atoms with E-state index < -0.39 is 0 Å². The normalized spacial score (nSPS) is 11.0. The zero-order valence-electron chi connectivity index (χ0n) is 11.7. The summed E-state index contributed by atoms with van der Waals surface area (Å²) in [5.41, 5.74) is 2.56. The molecule has 0 rings (SSSR count). The van der Waals surface area contributed by atoms with Gasteiger partial charge in [0.25, 0.3) is 0 Å². The lowest BCUT2D eigenvalue weighted by Crippen LogP contribution is -2.20. The second-order valence-corrected chi connectivity index (χ2v) is 4.45. The van der Waals surface area contributed by atoms with Crippen LogP contribution in [0, 0.1) is 0 Å². The van der Waals surface area contributed by atoms with Crippen molar-refractivity contribution in [3.05, 3.63) is 23.4 Å². The average Bonchev–Trinajstić information content (AvgIpc) is 2.30. The van der Waals surface area contributed by atoms with E-state index in [1.165, 1.54) is 18.4 Å². The molecule has 3 nitrogen and oxygen atoms in total. The van der Waals surface area contributed by atoms with Crippen molar-refractivity contribution >= 4 is 5.97 Å². The molecule has 0 fully saturated rings. The second-order valence-electron chi connectivity index (χ2n) is 4.45. The number of methoxy groups -OCH3 is 1. The summed E-state index contributed by atoms with van der Waals surface area (Å²) >= 11 is 0. The number of allylic oxidation sites excluding steroid dienone is 4. The summed E-state index contributed by atoms with van der Waals surface area (Å²) in [6.45, 7) is 7.00. The largest absolute Gasteiger partial charge is 0.469 e. The molecule has 98 valence electrons. The van der Waals surface area contributed by atoms with Gasteiger partial charge in [-0.1, -0.05) is 17.7 Å². The summed E-state index contributed by atoms with van der Waals surface area (Å²) in [5.74, 6) is -0.158. The Bertz CT molecular complexity index is 289. The molecule has 0 N–H and O–H groups in total. The molecule has 0 aliphatic carbocycles. The molecule has 17 heavy (non-hydrogen) atoms. The Kier molecular flexibility index (Phi) is 8.20. The highest BCUT2D eigenvalue weighted by molar-refractivity contribution is 5.69. The fraction of sp³-hybridized carbons (Fsp3) is 0.643. The van der Waals surface area contributed by atoms with Gasteiger partial charge in [0.15, 0.2) is 0 Å². The SMILES string of the molecule is COC(=O)CCN(C)/C(C)=C/CCC=C(C)C. The Labute approximate surface area is 105 Å². The van der Waals surface area contributed by atoms with E-state index in [0.717, 1.165) is 12.8 Å². The Morgan fingerprint density at radius 1 is 1.18 bits per heavy atom. The van der Waals surface area contributed by atoms with E-state index in [2.05, 4.69) is 42.6 Å². The summed E-state index contributed by atoms with van der Waals surface area (Å²) in [4.78, 5) is 13.1. The maximum atomic E-state index is 11.0. The van der Waals surface area contributed by atoms with Crippen LogP contribution in [0.1, 0.15) is 40.0 Å². The molecule has 0 unspecified atom stereocenters. The van der Waals surface area contributed by atoms with Crippen molar-refractivity contribution in [3.8, 4) is 0 Å². The van der Waals surface area contributed by atoms with Crippen molar-refractivity contribution < 1.29 is 9.53 Å². The zero-order chi connectivity index (χ0) is 13.3. The molecule has 0 heterocycles. The van der Waals surface area contributed by atoms with Crippen molar-refractivity contribution in [3.63, 3.8) is 0 Å². The lowest BCUT2D eigenvalue weighted by molar-refractivity contribution is -0.140. The van der Waals surface area contributed by atoms with Gasteiger partial charge in [-0.2, -0.15) is 0 Å². The van der Waals surface area contributed by atoms with Gasteiger partial charge >= 0.3 is 5.97 Å². The topological polar surface area (TPSA) is 29.5 Å². The van der Waals surface area contributed by atoms with E-state index in [4.69, 9.17) is 0 Å². The number of hydrogen-bond donors (Lipinski definition) is 0. The number of unbranched alkanes of at least 4 members (excludes halogenated alkanes) is 1. The monoisotopic (exact) mass is 239 g/mol. The van der Waals surface area contributed by atoms with Gasteiger partial charge in [-0.3, -0.25) is 4.79 Å². The fourth-order valence-electron chi connectivity index (χ4n) is 1.36. The molecular weight excluding hydrogens is 214 g/mol. The molecule has 3 heteroatoms. The first kappa shape index (κ1) is 15.8. The predicted molar refractivity (Wildman–Crippen MR) is 71.7 cm³/mol. The van der Waals surface area contributed by atoms with Crippen molar-refractivity contribution in [1.29, 1.82) is 0 Å². The quantitative estimate of drug-likeness (QED) is 0.388. The van der Waals surface area contributed by atoms with Gasteiger partial charge in [-0.25, -0.2) is 0 Å². The average molecular weight is 239 g/mol. The first-order valence-corrected chi connectivity index (χ1v) is 6.05. The number of esters is 1. The van der Waals surface area contributed by atoms with Gasteiger partial charge < -0.3 is 9.64 Å². The number of carbonyl (C=O) groups is 1. The zero-order valence-corrected chi connectivity index (χ0v) is 11.7. The van der Waals surface area contributed by atoms with Gasteiger partial charge in [-0.05, 0) is 33.6 Å². The molecule has 0 aromatic carbocycles. The molecule has 0 aromatic heterocycles. The van der Waals surface area contributed by atoms with Crippen LogP contribution in [-0.4, -0.2) is 31.6 Å². The van der Waals surface area contributed by atoms with Crippen LogP contribution in [0.4, 0.5) is 0 Å². The molecule has 0 atom stereocenters. The van der Waals surface area contributed by atoms with E-state index in [1.807, 2.05) is 7.05 Å². The number of rotatable bonds is 7. The standard InChI is InChI=1S/C14H25NO2/c1-12(2)8-6-7-9-13(3)15(4)11-10-14(16)17-5/h8-9H,6-7,10-11H2,1-5H3/b13-9+. The minimum absolute atomic E-state index is 0.158. The number of ether oxygens (including phenoxy) is 1. The van der Waals surface area contributed by atoms with E-state index >= 15 is 0 Å². The summed E-state index contributed by atoms with van der Waals surface area (Å²) in [5, 5.41) is 0. The lowest BCUT2D eigenvalue weighted by Gasteiger charge is -2.19. The molecule has 0 saturated heterocycles. The molecule has 0 bridgehead atoms. The van der Waals surface area contributed by atoms with E-state index in [-0.39, 0.29) is 5.97 Å². The summed E-state index contributed by atoms with van der Waals surface area (Å²) in [7, 11) is 3.42. The number of hydrogen-bond acceptors (Lipinski definition) is 3. The minimum Gasteiger partial charge on any atom is -0.469 e. The highest BCUT2D eigenvalue weighted by atomic mass is 16.5. The third-order valence-corrected chi connectivity index (χ3v) is 2.64. The van der Waals surface area contributed by atoms with Crippen LogP contribution in [0.15, 0.2) is 23.4 Å². The van der Waals surface area contributed by atoms with Crippen molar-refractivity contribution in [2.24, 2.45) is 0 Å². The lowest BCUT2D eigenvalue weighted by atomic mass is 10.2. The third kappa shape index (κ3) is 8.55. The van der Waals surface area contributed by atoms with Gasteiger partial charge in [0.05, 0.1) is 13.5 Å². The van der Waals surface area contributed by atoms with Gasteiger partial charge in [-0.15, -0.1) is 0 Å². The molecule has 0 spiro atoms. The summed E-state index contributed by atoms with van der Waals surface area (Å²) in [6.07, 6.45) is 6.99. The second kappa shape index (κ2) is 8.85. The van der Waals surface area contributed by atoms with Crippen LogP contribution in [0.5, 0.6) is 0 Å².